The lowest BCUT2D eigenvalue weighted by Crippen LogP contribution is -2.37. The molecule has 0 unspecified atom stereocenters. The SMILES string of the molecule is CC(C)Oc1ccc(CN2CC[C@@H](NS(=O)(=O)c3ccc(Cl)c(C#N)c3)C2)cc1. The lowest BCUT2D eigenvalue weighted by Gasteiger charge is -2.17. The van der Waals surface area contributed by atoms with E-state index in [1.807, 2.05) is 44.2 Å². The topological polar surface area (TPSA) is 82.4 Å². The van der Waals surface area contributed by atoms with Crippen LogP contribution in [0.3, 0.4) is 0 Å². The second-order valence-corrected chi connectivity index (χ2v) is 9.53. The minimum absolute atomic E-state index is 0.0534. The number of ether oxygens (including phenoxy) is 1. The van der Waals surface area contributed by atoms with Gasteiger partial charge in [-0.15, -0.1) is 0 Å². The van der Waals surface area contributed by atoms with Gasteiger partial charge in [-0.2, -0.15) is 5.26 Å². The first-order chi connectivity index (χ1) is 13.8. The summed E-state index contributed by atoms with van der Waals surface area (Å²) in [5, 5.41) is 9.30. The number of nitrogens with zero attached hydrogens (tertiary/aromatic N) is 2. The number of hydrogen-bond acceptors (Lipinski definition) is 5. The van der Waals surface area contributed by atoms with Crippen molar-refractivity contribution >= 4 is 21.6 Å². The van der Waals surface area contributed by atoms with Gasteiger partial charge in [-0.1, -0.05) is 23.7 Å². The van der Waals surface area contributed by atoms with E-state index in [-0.39, 0.29) is 27.6 Å². The molecule has 6 nitrogen and oxygen atoms in total. The summed E-state index contributed by atoms with van der Waals surface area (Å²) in [5.41, 5.74) is 1.30. The fourth-order valence-corrected chi connectivity index (χ4v) is 4.77. The van der Waals surface area contributed by atoms with Crippen molar-refractivity contribution in [3.8, 4) is 11.8 Å². The number of halogens is 1. The van der Waals surface area contributed by atoms with Gasteiger partial charge in [-0.05, 0) is 56.2 Å². The van der Waals surface area contributed by atoms with Gasteiger partial charge in [-0.3, -0.25) is 4.90 Å². The molecule has 0 bridgehead atoms. The molecule has 1 atom stereocenters. The summed E-state index contributed by atoms with van der Waals surface area (Å²) >= 11 is 5.89. The molecule has 2 aromatic rings. The average molecular weight is 434 g/mol. The zero-order valence-corrected chi connectivity index (χ0v) is 18.0. The van der Waals surface area contributed by atoms with Gasteiger partial charge in [0.1, 0.15) is 11.8 Å². The monoisotopic (exact) mass is 433 g/mol. The van der Waals surface area contributed by atoms with Crippen molar-refractivity contribution in [2.24, 2.45) is 0 Å². The molecule has 0 amide bonds. The normalized spacial score (nSPS) is 17.4. The summed E-state index contributed by atoms with van der Waals surface area (Å²) in [6.07, 6.45) is 0.866. The average Bonchev–Trinajstić information content (AvgIpc) is 3.09. The predicted octanol–water partition coefficient (Wildman–Crippen LogP) is 3.55. The van der Waals surface area contributed by atoms with Gasteiger partial charge in [0.15, 0.2) is 0 Å². The quantitative estimate of drug-likeness (QED) is 0.721. The Morgan fingerprint density at radius 1 is 1.28 bits per heavy atom. The van der Waals surface area contributed by atoms with E-state index in [2.05, 4.69) is 9.62 Å². The van der Waals surface area contributed by atoms with Crippen LogP contribution in [0.15, 0.2) is 47.4 Å². The number of nitriles is 1. The van der Waals surface area contributed by atoms with Crippen molar-refractivity contribution < 1.29 is 13.2 Å². The van der Waals surface area contributed by atoms with Crippen molar-refractivity contribution in [1.29, 1.82) is 5.26 Å². The molecule has 1 saturated heterocycles. The molecule has 0 saturated carbocycles. The van der Waals surface area contributed by atoms with Crippen LogP contribution in [0.1, 0.15) is 31.4 Å². The lowest BCUT2D eigenvalue weighted by atomic mass is 10.2. The molecular formula is C21H24ClN3O3S. The van der Waals surface area contributed by atoms with Crippen molar-refractivity contribution in [1.82, 2.24) is 9.62 Å². The Balaban J connectivity index is 1.59. The second kappa shape index (κ2) is 9.14. The van der Waals surface area contributed by atoms with E-state index in [1.165, 1.54) is 18.2 Å². The van der Waals surface area contributed by atoms with Gasteiger partial charge >= 0.3 is 0 Å². The highest BCUT2D eigenvalue weighted by molar-refractivity contribution is 7.89. The van der Waals surface area contributed by atoms with Crippen LogP contribution in [0.25, 0.3) is 0 Å². The first kappa shape index (κ1) is 21.6. The van der Waals surface area contributed by atoms with Crippen molar-refractivity contribution in [2.45, 2.75) is 43.9 Å². The Morgan fingerprint density at radius 3 is 2.66 bits per heavy atom. The van der Waals surface area contributed by atoms with Crippen LogP contribution < -0.4 is 9.46 Å². The van der Waals surface area contributed by atoms with E-state index in [4.69, 9.17) is 21.6 Å². The molecule has 8 heteroatoms. The van der Waals surface area contributed by atoms with Crippen molar-refractivity contribution in [2.75, 3.05) is 13.1 Å². The molecule has 1 fully saturated rings. The number of benzene rings is 2. The minimum atomic E-state index is -3.71. The van der Waals surface area contributed by atoms with Crippen LogP contribution in [0.2, 0.25) is 5.02 Å². The summed E-state index contributed by atoms with van der Waals surface area (Å²) in [4.78, 5) is 2.27. The van der Waals surface area contributed by atoms with Crippen LogP contribution in [-0.2, 0) is 16.6 Å². The Morgan fingerprint density at radius 2 is 2.00 bits per heavy atom. The standard InChI is InChI=1S/C21H24ClN3O3S/c1-15(2)28-19-5-3-16(4-6-19)13-25-10-9-18(14-25)24-29(26,27)20-7-8-21(22)17(11-20)12-23/h3-8,11,15,18,24H,9-10,13-14H2,1-2H3/t18-/m1/s1. The van der Waals surface area contributed by atoms with Crippen LogP contribution >= 0.6 is 11.6 Å². The Kier molecular flexibility index (Phi) is 6.81. The molecule has 0 radical (unpaired) electrons. The van der Waals surface area contributed by atoms with Gasteiger partial charge in [0, 0.05) is 25.7 Å². The smallest absolute Gasteiger partial charge is 0.240 e. The van der Waals surface area contributed by atoms with Crippen LogP contribution in [0.5, 0.6) is 5.75 Å². The molecule has 2 aromatic carbocycles. The second-order valence-electron chi connectivity index (χ2n) is 7.41. The molecule has 1 N–H and O–H groups in total. The maximum atomic E-state index is 12.7. The summed E-state index contributed by atoms with van der Waals surface area (Å²) in [6.45, 7) is 6.17. The van der Waals surface area contributed by atoms with E-state index in [9.17, 15) is 8.42 Å². The molecule has 0 spiro atoms. The first-order valence-corrected chi connectivity index (χ1v) is 11.3. The summed E-state index contributed by atoms with van der Waals surface area (Å²) in [6, 6.07) is 13.9. The molecule has 3 rings (SSSR count). The summed E-state index contributed by atoms with van der Waals surface area (Å²) < 4.78 is 33.7. The molecule has 0 aliphatic carbocycles. The predicted molar refractivity (Wildman–Crippen MR) is 112 cm³/mol. The molecule has 1 heterocycles. The summed E-state index contributed by atoms with van der Waals surface area (Å²) in [7, 11) is -3.71. The number of rotatable bonds is 7. The van der Waals surface area contributed by atoms with E-state index in [1.54, 1.807) is 0 Å². The Hall–Kier alpha value is -2.11. The van der Waals surface area contributed by atoms with Crippen LogP contribution in [0.4, 0.5) is 0 Å². The largest absolute Gasteiger partial charge is 0.491 e. The zero-order chi connectivity index (χ0) is 21.0. The van der Waals surface area contributed by atoms with Crippen LogP contribution in [0, 0.1) is 11.3 Å². The molecule has 0 aromatic heterocycles. The molecule has 1 aliphatic rings. The van der Waals surface area contributed by atoms with Gasteiger partial charge in [0.2, 0.25) is 10.0 Å². The maximum Gasteiger partial charge on any atom is 0.240 e. The Bertz CT molecular complexity index is 1000. The summed E-state index contributed by atoms with van der Waals surface area (Å²) in [5.74, 6) is 0.843. The zero-order valence-electron chi connectivity index (χ0n) is 16.4. The van der Waals surface area contributed by atoms with E-state index < -0.39 is 10.0 Å². The van der Waals surface area contributed by atoms with E-state index >= 15 is 0 Å². The highest BCUT2D eigenvalue weighted by Gasteiger charge is 2.27. The van der Waals surface area contributed by atoms with Crippen LogP contribution in [-0.4, -0.2) is 38.6 Å². The van der Waals surface area contributed by atoms with Crippen molar-refractivity contribution in [3.63, 3.8) is 0 Å². The fourth-order valence-electron chi connectivity index (χ4n) is 3.32. The molecular weight excluding hydrogens is 410 g/mol. The van der Waals surface area contributed by atoms with Gasteiger partial charge in [0.25, 0.3) is 0 Å². The van der Waals surface area contributed by atoms with Gasteiger partial charge in [0.05, 0.1) is 21.6 Å². The van der Waals surface area contributed by atoms with E-state index in [0.717, 1.165) is 30.8 Å². The fraction of sp³-hybridized carbons (Fsp3) is 0.381. The number of nitrogens with one attached hydrogen (secondary N) is 1. The highest BCUT2D eigenvalue weighted by Crippen LogP contribution is 2.22. The van der Waals surface area contributed by atoms with Gasteiger partial charge < -0.3 is 4.74 Å². The molecule has 1 aliphatic heterocycles. The van der Waals surface area contributed by atoms with Gasteiger partial charge in [-0.25, -0.2) is 13.1 Å². The first-order valence-electron chi connectivity index (χ1n) is 9.47. The molecule has 154 valence electrons. The highest BCUT2D eigenvalue weighted by atomic mass is 35.5. The third-order valence-electron chi connectivity index (χ3n) is 4.66. The third-order valence-corrected chi connectivity index (χ3v) is 6.51. The van der Waals surface area contributed by atoms with Crippen molar-refractivity contribution in [3.05, 3.63) is 58.6 Å². The minimum Gasteiger partial charge on any atom is -0.491 e. The third kappa shape index (κ3) is 5.71. The van der Waals surface area contributed by atoms with E-state index in [0.29, 0.717) is 6.54 Å². The maximum absolute atomic E-state index is 12.7. The number of sulfonamides is 1. The Labute approximate surface area is 177 Å². The number of likely N-dealkylation sites (tertiary alicyclic amines) is 1. The lowest BCUT2D eigenvalue weighted by molar-refractivity contribution is 0.242. The number of hydrogen-bond donors (Lipinski definition) is 1. The molecule has 29 heavy (non-hydrogen) atoms.